The Kier molecular flexibility index (Phi) is 8.21. The van der Waals surface area contributed by atoms with Crippen LogP contribution in [0.25, 0.3) is 0 Å². The van der Waals surface area contributed by atoms with E-state index in [0.29, 0.717) is 37.6 Å². The molecule has 1 N–H and O–H groups in total. The number of amides is 1. The second-order valence-corrected chi connectivity index (χ2v) is 10.4. The fraction of sp³-hybridized carbons (Fsp3) is 0.519. The van der Waals surface area contributed by atoms with E-state index < -0.39 is 0 Å². The molecule has 0 aliphatic carbocycles. The van der Waals surface area contributed by atoms with Crippen molar-refractivity contribution in [3.63, 3.8) is 0 Å². The summed E-state index contributed by atoms with van der Waals surface area (Å²) in [7, 11) is 1.64. The number of rotatable bonds is 8. The van der Waals surface area contributed by atoms with E-state index in [1.165, 1.54) is 0 Å². The minimum Gasteiger partial charge on any atom is -0.495 e. The molecule has 2 fully saturated rings. The summed E-state index contributed by atoms with van der Waals surface area (Å²) in [6.07, 6.45) is 1.31. The number of nitro groups is 1. The molecule has 3 heterocycles. The Balaban J connectivity index is 1.35. The van der Waals surface area contributed by atoms with Crippen molar-refractivity contribution in [2.24, 2.45) is 5.92 Å². The predicted molar refractivity (Wildman–Crippen MR) is 147 cm³/mol. The summed E-state index contributed by atoms with van der Waals surface area (Å²) in [5.74, 6) is 0.374. The van der Waals surface area contributed by atoms with Crippen LogP contribution in [-0.4, -0.2) is 87.9 Å². The van der Waals surface area contributed by atoms with Crippen LogP contribution >= 0.6 is 11.6 Å². The second-order valence-electron chi connectivity index (χ2n) is 10.0. The lowest BCUT2D eigenvalue weighted by Gasteiger charge is -2.49. The molecule has 11 heteroatoms. The molecule has 3 aliphatic heterocycles. The molecule has 0 aromatic heterocycles. The van der Waals surface area contributed by atoms with Crippen LogP contribution in [0.3, 0.4) is 0 Å². The molecule has 0 spiro atoms. The normalized spacial score (nSPS) is 21.4. The average molecular weight is 544 g/mol. The summed E-state index contributed by atoms with van der Waals surface area (Å²) in [6.45, 7) is 6.85. The maximum absolute atomic E-state index is 13.6. The van der Waals surface area contributed by atoms with Gasteiger partial charge in [-0.2, -0.15) is 0 Å². The number of fused-ring (bicyclic) bond motifs is 3. The van der Waals surface area contributed by atoms with Crippen LogP contribution in [0.4, 0.5) is 17.1 Å². The third-order valence-electron chi connectivity index (χ3n) is 7.78. The van der Waals surface area contributed by atoms with Crippen molar-refractivity contribution < 1.29 is 19.2 Å². The molecule has 0 radical (unpaired) electrons. The lowest BCUT2D eigenvalue weighted by Crippen LogP contribution is -2.61. The minimum absolute atomic E-state index is 0.0148. The first-order valence-electron chi connectivity index (χ1n) is 13.1. The summed E-state index contributed by atoms with van der Waals surface area (Å²) in [5, 5.41) is 15.2. The number of nitrogens with one attached hydrogen (secondary N) is 1. The van der Waals surface area contributed by atoms with E-state index in [9.17, 15) is 14.9 Å². The number of anilines is 2. The molecule has 2 unspecified atom stereocenters. The van der Waals surface area contributed by atoms with Gasteiger partial charge < -0.3 is 24.6 Å². The van der Waals surface area contributed by atoms with Gasteiger partial charge in [0.05, 0.1) is 42.9 Å². The van der Waals surface area contributed by atoms with Crippen molar-refractivity contribution >= 4 is 34.6 Å². The fourth-order valence-corrected chi connectivity index (χ4v) is 5.99. The van der Waals surface area contributed by atoms with Crippen LogP contribution in [0.5, 0.6) is 5.75 Å². The molecule has 0 bridgehead atoms. The van der Waals surface area contributed by atoms with Gasteiger partial charge in [-0.3, -0.25) is 19.8 Å². The Bertz CT molecular complexity index is 1170. The third kappa shape index (κ3) is 5.67. The standard InChI is InChI=1S/C27H34ClN5O5/c1-37-26-6-3-20(28)17-24(26)31-9-10-32-23-5-4-21(33(35)36)15-19(23)16-22(25(32)18-31)27(34)29-7-2-8-30-11-13-38-14-12-30/h3-6,15,17,22,25H,2,7-14,16,18H2,1H3,(H,29,34). The van der Waals surface area contributed by atoms with E-state index in [4.69, 9.17) is 21.1 Å². The number of nitrogens with zero attached hydrogens (tertiary/aromatic N) is 4. The molecular weight excluding hydrogens is 510 g/mol. The second kappa shape index (κ2) is 11.8. The van der Waals surface area contributed by atoms with Crippen LogP contribution in [0.15, 0.2) is 36.4 Å². The SMILES string of the molecule is COc1ccc(Cl)cc1N1CCN2c3ccc([N+](=O)[O-])cc3CC(C(=O)NCCCN3CCOCC3)C2C1. The number of hydrogen-bond donors (Lipinski definition) is 1. The maximum atomic E-state index is 13.6. The summed E-state index contributed by atoms with van der Waals surface area (Å²) < 4.78 is 11.0. The van der Waals surface area contributed by atoms with E-state index in [-0.39, 0.29) is 28.5 Å². The van der Waals surface area contributed by atoms with Crippen molar-refractivity contribution in [3.8, 4) is 5.75 Å². The third-order valence-corrected chi connectivity index (χ3v) is 8.01. The zero-order chi connectivity index (χ0) is 26.6. The van der Waals surface area contributed by atoms with E-state index in [0.717, 1.165) is 62.0 Å². The van der Waals surface area contributed by atoms with E-state index in [1.807, 2.05) is 18.2 Å². The number of methoxy groups -OCH3 is 1. The highest BCUT2D eigenvalue weighted by atomic mass is 35.5. The zero-order valence-electron chi connectivity index (χ0n) is 21.6. The Labute approximate surface area is 227 Å². The van der Waals surface area contributed by atoms with Gasteiger partial charge in [0.2, 0.25) is 5.91 Å². The number of carbonyl (C=O) groups is 1. The number of hydrogen-bond acceptors (Lipinski definition) is 8. The van der Waals surface area contributed by atoms with Crippen LogP contribution in [0.1, 0.15) is 12.0 Å². The van der Waals surface area contributed by atoms with Crippen molar-refractivity contribution in [3.05, 3.63) is 57.1 Å². The number of ether oxygens (including phenoxy) is 2. The van der Waals surface area contributed by atoms with E-state index >= 15 is 0 Å². The Morgan fingerprint density at radius 3 is 2.74 bits per heavy atom. The fourth-order valence-electron chi connectivity index (χ4n) is 5.82. The van der Waals surface area contributed by atoms with Gasteiger partial charge in [0.25, 0.3) is 5.69 Å². The van der Waals surface area contributed by atoms with Crippen LogP contribution < -0.4 is 19.9 Å². The zero-order valence-corrected chi connectivity index (χ0v) is 22.4. The van der Waals surface area contributed by atoms with Gasteiger partial charge in [0, 0.05) is 62.1 Å². The number of morpholine rings is 1. The van der Waals surface area contributed by atoms with Gasteiger partial charge in [-0.25, -0.2) is 0 Å². The van der Waals surface area contributed by atoms with E-state index in [1.54, 1.807) is 25.3 Å². The molecule has 2 aromatic carbocycles. The average Bonchev–Trinajstić information content (AvgIpc) is 2.94. The van der Waals surface area contributed by atoms with Gasteiger partial charge in [-0.1, -0.05) is 11.6 Å². The summed E-state index contributed by atoms with van der Waals surface area (Å²) in [5.41, 5.74) is 2.76. The number of piperazine rings is 1. The Hall–Kier alpha value is -3.08. The molecule has 2 aromatic rings. The monoisotopic (exact) mass is 543 g/mol. The van der Waals surface area contributed by atoms with Gasteiger partial charge in [0.1, 0.15) is 5.75 Å². The minimum atomic E-state index is -0.379. The first-order chi connectivity index (χ1) is 18.4. The smallest absolute Gasteiger partial charge is 0.269 e. The molecule has 2 saturated heterocycles. The van der Waals surface area contributed by atoms with Crippen molar-refractivity contribution in [2.75, 3.05) is 75.9 Å². The van der Waals surface area contributed by atoms with Crippen LogP contribution in [-0.2, 0) is 16.0 Å². The lowest BCUT2D eigenvalue weighted by molar-refractivity contribution is -0.384. The molecule has 1 amide bonds. The quantitative estimate of drug-likeness (QED) is 0.308. The van der Waals surface area contributed by atoms with Crippen molar-refractivity contribution in [1.29, 1.82) is 0 Å². The van der Waals surface area contributed by atoms with Gasteiger partial charge in [-0.05, 0) is 49.2 Å². The molecule has 3 aliphatic rings. The highest BCUT2D eigenvalue weighted by Gasteiger charge is 2.42. The van der Waals surface area contributed by atoms with E-state index in [2.05, 4.69) is 20.0 Å². The Morgan fingerprint density at radius 2 is 1.97 bits per heavy atom. The number of nitro benzene ring substituents is 1. The first-order valence-corrected chi connectivity index (χ1v) is 13.5. The number of non-ortho nitro benzene ring substituents is 1. The molecule has 5 rings (SSSR count). The van der Waals surface area contributed by atoms with Crippen LogP contribution in [0.2, 0.25) is 5.02 Å². The van der Waals surface area contributed by atoms with Crippen LogP contribution in [0, 0.1) is 16.0 Å². The number of benzene rings is 2. The van der Waals surface area contributed by atoms with Gasteiger partial charge in [0.15, 0.2) is 0 Å². The number of halogens is 1. The molecule has 38 heavy (non-hydrogen) atoms. The molecule has 204 valence electrons. The van der Waals surface area contributed by atoms with Crippen molar-refractivity contribution in [1.82, 2.24) is 10.2 Å². The molecular formula is C27H34ClN5O5. The topological polar surface area (TPSA) is 100 Å². The molecule has 2 atom stereocenters. The van der Waals surface area contributed by atoms with Gasteiger partial charge >= 0.3 is 0 Å². The summed E-state index contributed by atoms with van der Waals surface area (Å²) in [4.78, 5) is 31.5. The maximum Gasteiger partial charge on any atom is 0.269 e. The highest BCUT2D eigenvalue weighted by Crippen LogP contribution is 2.40. The Morgan fingerprint density at radius 1 is 1.16 bits per heavy atom. The summed E-state index contributed by atoms with van der Waals surface area (Å²) in [6, 6.07) is 10.5. The largest absolute Gasteiger partial charge is 0.495 e. The lowest BCUT2D eigenvalue weighted by atomic mass is 9.83. The first kappa shape index (κ1) is 26.5. The molecule has 0 saturated carbocycles. The number of carbonyl (C=O) groups excluding carboxylic acids is 1. The van der Waals surface area contributed by atoms with Crippen molar-refractivity contribution in [2.45, 2.75) is 18.9 Å². The molecule has 10 nitrogen and oxygen atoms in total. The van der Waals surface area contributed by atoms with Gasteiger partial charge in [-0.15, -0.1) is 0 Å². The summed E-state index contributed by atoms with van der Waals surface area (Å²) >= 11 is 6.32. The highest BCUT2D eigenvalue weighted by molar-refractivity contribution is 6.31. The predicted octanol–water partition coefficient (Wildman–Crippen LogP) is 2.96.